The molecule has 130 valence electrons. The Labute approximate surface area is 147 Å². The van der Waals surface area contributed by atoms with Crippen molar-refractivity contribution in [3.63, 3.8) is 0 Å². The molecule has 0 aliphatic rings. The van der Waals surface area contributed by atoms with Crippen LogP contribution in [0.1, 0.15) is 36.7 Å². The quantitative estimate of drug-likeness (QED) is 0.821. The third-order valence-electron chi connectivity index (χ3n) is 3.92. The molecule has 0 unspecified atom stereocenters. The second-order valence-corrected chi connectivity index (χ2v) is 5.77. The summed E-state index contributed by atoms with van der Waals surface area (Å²) in [5.41, 5.74) is 2.93. The van der Waals surface area contributed by atoms with E-state index < -0.39 is 0 Å². The SMILES string of the molecule is CCc1ccccc1N(CC(=O)Nc1ccc(C(C)=O)cc1)C(C)=O. The number of nitrogens with zero attached hydrogens (tertiary/aromatic N) is 1. The molecule has 0 fully saturated rings. The van der Waals surface area contributed by atoms with Crippen LogP contribution >= 0.6 is 0 Å². The fraction of sp³-hybridized carbons (Fsp3) is 0.250. The highest BCUT2D eigenvalue weighted by molar-refractivity contribution is 6.02. The fourth-order valence-corrected chi connectivity index (χ4v) is 2.57. The van der Waals surface area contributed by atoms with E-state index in [2.05, 4.69) is 5.32 Å². The van der Waals surface area contributed by atoms with Crippen LogP contribution in [0.2, 0.25) is 0 Å². The lowest BCUT2D eigenvalue weighted by molar-refractivity contribution is -0.120. The Morgan fingerprint density at radius 1 is 0.960 bits per heavy atom. The Bertz CT molecular complexity index is 782. The topological polar surface area (TPSA) is 66.5 Å². The number of rotatable bonds is 6. The van der Waals surface area contributed by atoms with Gasteiger partial charge in [0, 0.05) is 23.9 Å². The number of anilines is 2. The van der Waals surface area contributed by atoms with Crippen molar-refractivity contribution in [3.05, 3.63) is 59.7 Å². The number of Topliss-reactive ketones (excluding diaryl/α,β-unsaturated/α-hetero) is 1. The molecule has 2 aromatic rings. The van der Waals surface area contributed by atoms with Gasteiger partial charge in [-0.3, -0.25) is 14.4 Å². The molecular formula is C20H22N2O3. The minimum absolute atomic E-state index is 0.0307. The monoisotopic (exact) mass is 338 g/mol. The molecule has 2 rings (SSSR count). The van der Waals surface area contributed by atoms with Crippen LogP contribution in [-0.4, -0.2) is 24.1 Å². The first kappa shape index (κ1) is 18.4. The number of amides is 2. The highest BCUT2D eigenvalue weighted by Crippen LogP contribution is 2.21. The van der Waals surface area contributed by atoms with Gasteiger partial charge in [-0.2, -0.15) is 0 Å². The van der Waals surface area contributed by atoms with Crippen molar-refractivity contribution in [2.75, 3.05) is 16.8 Å². The molecule has 0 spiro atoms. The van der Waals surface area contributed by atoms with Crippen molar-refractivity contribution in [1.82, 2.24) is 0 Å². The second-order valence-electron chi connectivity index (χ2n) is 5.77. The molecule has 25 heavy (non-hydrogen) atoms. The van der Waals surface area contributed by atoms with Crippen LogP contribution in [0.25, 0.3) is 0 Å². The molecule has 0 bridgehead atoms. The maximum Gasteiger partial charge on any atom is 0.244 e. The van der Waals surface area contributed by atoms with E-state index in [0.29, 0.717) is 11.3 Å². The molecule has 0 heterocycles. The van der Waals surface area contributed by atoms with E-state index in [-0.39, 0.29) is 24.1 Å². The Balaban J connectivity index is 2.13. The zero-order valence-electron chi connectivity index (χ0n) is 14.7. The zero-order chi connectivity index (χ0) is 18.4. The lowest BCUT2D eigenvalue weighted by Gasteiger charge is -2.23. The van der Waals surface area contributed by atoms with Crippen molar-refractivity contribution in [1.29, 1.82) is 0 Å². The number of carbonyl (C=O) groups is 3. The van der Waals surface area contributed by atoms with Gasteiger partial charge in [0.15, 0.2) is 5.78 Å². The number of hydrogen-bond donors (Lipinski definition) is 1. The summed E-state index contributed by atoms with van der Waals surface area (Å²) < 4.78 is 0. The summed E-state index contributed by atoms with van der Waals surface area (Å²) >= 11 is 0. The first-order valence-electron chi connectivity index (χ1n) is 8.19. The average Bonchev–Trinajstić information content (AvgIpc) is 2.60. The number of hydrogen-bond acceptors (Lipinski definition) is 3. The molecule has 5 heteroatoms. The Kier molecular flexibility index (Phi) is 6.06. The van der Waals surface area contributed by atoms with E-state index >= 15 is 0 Å². The molecule has 2 amide bonds. The van der Waals surface area contributed by atoms with Crippen LogP contribution in [0.5, 0.6) is 0 Å². The molecular weight excluding hydrogens is 316 g/mol. The third kappa shape index (κ3) is 4.76. The number of ketones is 1. The Morgan fingerprint density at radius 2 is 1.60 bits per heavy atom. The van der Waals surface area contributed by atoms with Crippen LogP contribution in [0, 0.1) is 0 Å². The molecule has 2 aromatic carbocycles. The highest BCUT2D eigenvalue weighted by Gasteiger charge is 2.18. The van der Waals surface area contributed by atoms with Crippen LogP contribution in [0.3, 0.4) is 0 Å². The molecule has 5 nitrogen and oxygen atoms in total. The smallest absolute Gasteiger partial charge is 0.244 e. The van der Waals surface area contributed by atoms with Gasteiger partial charge >= 0.3 is 0 Å². The fourth-order valence-electron chi connectivity index (χ4n) is 2.57. The van der Waals surface area contributed by atoms with Gasteiger partial charge in [-0.15, -0.1) is 0 Å². The number of carbonyl (C=O) groups excluding carboxylic acids is 3. The summed E-state index contributed by atoms with van der Waals surface area (Å²) in [5, 5.41) is 2.76. The number of para-hydroxylation sites is 1. The van der Waals surface area contributed by atoms with Crippen molar-refractivity contribution in [3.8, 4) is 0 Å². The van der Waals surface area contributed by atoms with E-state index in [1.807, 2.05) is 31.2 Å². The number of nitrogens with one attached hydrogen (secondary N) is 1. The van der Waals surface area contributed by atoms with Gasteiger partial charge in [-0.1, -0.05) is 25.1 Å². The van der Waals surface area contributed by atoms with E-state index in [0.717, 1.165) is 17.7 Å². The van der Waals surface area contributed by atoms with Gasteiger partial charge in [0.25, 0.3) is 0 Å². The largest absolute Gasteiger partial charge is 0.325 e. The van der Waals surface area contributed by atoms with Crippen molar-refractivity contribution in [2.24, 2.45) is 0 Å². The standard InChI is InChI=1S/C20H22N2O3/c1-4-16-7-5-6-8-19(16)22(15(3)24)13-20(25)21-18-11-9-17(10-12-18)14(2)23/h5-12H,4,13H2,1-3H3,(H,21,25). The van der Waals surface area contributed by atoms with Crippen molar-refractivity contribution >= 4 is 29.0 Å². The van der Waals surface area contributed by atoms with Crippen LogP contribution in [0.4, 0.5) is 11.4 Å². The average molecular weight is 338 g/mol. The Hall–Kier alpha value is -2.95. The normalized spacial score (nSPS) is 10.2. The van der Waals surface area contributed by atoms with E-state index in [1.165, 1.54) is 18.7 Å². The molecule has 0 aromatic heterocycles. The van der Waals surface area contributed by atoms with E-state index in [4.69, 9.17) is 0 Å². The van der Waals surface area contributed by atoms with Crippen LogP contribution in [-0.2, 0) is 16.0 Å². The summed E-state index contributed by atoms with van der Waals surface area (Å²) in [7, 11) is 0. The summed E-state index contributed by atoms with van der Waals surface area (Å²) in [6, 6.07) is 14.2. The van der Waals surface area contributed by atoms with E-state index in [9.17, 15) is 14.4 Å². The summed E-state index contributed by atoms with van der Waals surface area (Å²) in [5.74, 6) is -0.517. The van der Waals surface area contributed by atoms with Gasteiger partial charge in [0.05, 0.1) is 0 Å². The molecule has 0 atom stereocenters. The predicted molar refractivity (Wildman–Crippen MR) is 98.9 cm³/mol. The maximum absolute atomic E-state index is 12.3. The molecule has 0 aliphatic carbocycles. The predicted octanol–water partition coefficient (Wildman–Crippen LogP) is 3.44. The molecule has 0 saturated carbocycles. The van der Waals surface area contributed by atoms with Gasteiger partial charge in [-0.25, -0.2) is 0 Å². The van der Waals surface area contributed by atoms with E-state index in [1.54, 1.807) is 24.3 Å². The highest BCUT2D eigenvalue weighted by atomic mass is 16.2. The van der Waals surface area contributed by atoms with Crippen molar-refractivity contribution in [2.45, 2.75) is 27.2 Å². The Morgan fingerprint density at radius 3 is 2.16 bits per heavy atom. The number of aryl methyl sites for hydroxylation is 1. The van der Waals surface area contributed by atoms with Crippen molar-refractivity contribution < 1.29 is 14.4 Å². The first-order valence-corrected chi connectivity index (χ1v) is 8.19. The van der Waals surface area contributed by atoms with Gasteiger partial charge in [0.1, 0.15) is 6.54 Å². The van der Waals surface area contributed by atoms with Gasteiger partial charge in [-0.05, 0) is 49.2 Å². The zero-order valence-corrected chi connectivity index (χ0v) is 14.7. The summed E-state index contributed by atoms with van der Waals surface area (Å²) in [4.78, 5) is 37.1. The molecule has 1 N–H and O–H groups in total. The van der Waals surface area contributed by atoms with Gasteiger partial charge in [0.2, 0.25) is 11.8 Å². The molecule has 0 saturated heterocycles. The lowest BCUT2D eigenvalue weighted by Crippen LogP contribution is -2.37. The third-order valence-corrected chi connectivity index (χ3v) is 3.92. The van der Waals surface area contributed by atoms with Crippen LogP contribution in [0.15, 0.2) is 48.5 Å². The minimum Gasteiger partial charge on any atom is -0.325 e. The minimum atomic E-state index is -0.295. The maximum atomic E-state index is 12.3. The van der Waals surface area contributed by atoms with Crippen LogP contribution < -0.4 is 10.2 Å². The second kappa shape index (κ2) is 8.24. The summed E-state index contributed by atoms with van der Waals surface area (Å²) in [6.07, 6.45) is 0.772. The molecule has 0 aliphatic heterocycles. The van der Waals surface area contributed by atoms with Gasteiger partial charge < -0.3 is 10.2 Å². The number of benzene rings is 2. The first-order chi connectivity index (χ1) is 11.9. The molecule has 0 radical (unpaired) electrons. The lowest BCUT2D eigenvalue weighted by atomic mass is 10.1. The summed E-state index contributed by atoms with van der Waals surface area (Å²) in [6.45, 7) is 4.87.